The minimum absolute atomic E-state index is 0.0495. The summed E-state index contributed by atoms with van der Waals surface area (Å²) in [6.07, 6.45) is -1.76. The number of rotatable bonds is 7. The number of hydrogen-bond acceptors (Lipinski definition) is 7. The third-order valence-corrected chi connectivity index (χ3v) is 2.84. The number of carbonyl (C=O) groups is 3. The molecule has 0 fully saturated rings. The lowest BCUT2D eigenvalue weighted by Crippen LogP contribution is -2.43. The number of esters is 2. The first kappa shape index (κ1) is 17.4. The molecule has 22 heavy (non-hydrogen) atoms. The molecule has 0 saturated heterocycles. The van der Waals surface area contributed by atoms with Crippen molar-refractivity contribution in [2.24, 2.45) is 0 Å². The Hall–Kier alpha value is -2.61. The monoisotopic (exact) mass is 312 g/mol. The van der Waals surface area contributed by atoms with Crippen LogP contribution in [0, 0.1) is 0 Å². The number of carbonyl (C=O) groups excluding carboxylic acids is 2. The van der Waals surface area contributed by atoms with Crippen LogP contribution in [0.1, 0.15) is 18.4 Å². The van der Waals surface area contributed by atoms with E-state index in [1.807, 2.05) is 0 Å². The van der Waals surface area contributed by atoms with E-state index >= 15 is 0 Å². The van der Waals surface area contributed by atoms with E-state index in [0.29, 0.717) is 5.56 Å². The molecule has 1 rings (SSSR count). The second kappa shape index (κ2) is 7.41. The number of methoxy groups -OCH3 is 1. The van der Waals surface area contributed by atoms with E-state index in [9.17, 15) is 19.5 Å². The van der Waals surface area contributed by atoms with Gasteiger partial charge < -0.3 is 24.8 Å². The molecule has 1 aromatic carbocycles. The van der Waals surface area contributed by atoms with Gasteiger partial charge in [-0.1, -0.05) is 12.1 Å². The number of aliphatic hydroxyl groups is 1. The Labute approximate surface area is 125 Å². The number of ether oxygens (including phenoxy) is 2. The summed E-state index contributed by atoms with van der Waals surface area (Å²) in [5.74, 6) is -3.62. The highest BCUT2D eigenvalue weighted by Gasteiger charge is 2.41. The summed E-state index contributed by atoms with van der Waals surface area (Å²) in [4.78, 5) is 33.8. The number of phenols is 1. The Morgan fingerprint density at radius 2 is 1.64 bits per heavy atom. The zero-order chi connectivity index (χ0) is 16.8. The minimum atomic E-state index is -2.58. The predicted octanol–water partition coefficient (Wildman–Crippen LogP) is 0.204. The molecule has 3 N–H and O–H groups in total. The van der Waals surface area contributed by atoms with Crippen molar-refractivity contribution < 1.29 is 39.2 Å². The van der Waals surface area contributed by atoms with Gasteiger partial charge in [0.25, 0.3) is 0 Å². The van der Waals surface area contributed by atoms with Crippen LogP contribution in [-0.4, -0.2) is 45.9 Å². The van der Waals surface area contributed by atoms with E-state index in [1.165, 1.54) is 24.3 Å². The summed E-state index contributed by atoms with van der Waals surface area (Å²) in [6, 6.07) is 5.82. The highest BCUT2D eigenvalue weighted by molar-refractivity contribution is 5.88. The van der Waals surface area contributed by atoms with Crippen molar-refractivity contribution in [1.82, 2.24) is 0 Å². The highest BCUT2D eigenvalue weighted by Crippen LogP contribution is 2.18. The minimum Gasteiger partial charge on any atom is -0.508 e. The molecular formula is C14H16O8. The molecule has 8 heteroatoms. The number of carboxylic acids is 1. The first-order valence-electron chi connectivity index (χ1n) is 6.23. The van der Waals surface area contributed by atoms with Gasteiger partial charge in [0.05, 0.1) is 20.0 Å². The van der Waals surface area contributed by atoms with Crippen molar-refractivity contribution >= 4 is 17.9 Å². The zero-order valence-corrected chi connectivity index (χ0v) is 11.8. The molecule has 0 heterocycles. The van der Waals surface area contributed by atoms with Crippen molar-refractivity contribution in [1.29, 1.82) is 0 Å². The van der Waals surface area contributed by atoms with E-state index in [2.05, 4.69) is 4.74 Å². The Morgan fingerprint density at radius 3 is 2.14 bits per heavy atom. The van der Waals surface area contributed by atoms with Crippen LogP contribution in [0.3, 0.4) is 0 Å². The fourth-order valence-electron chi connectivity index (χ4n) is 1.57. The first-order chi connectivity index (χ1) is 10.3. The van der Waals surface area contributed by atoms with Gasteiger partial charge in [0, 0.05) is 0 Å². The molecule has 120 valence electrons. The molecule has 0 aliphatic rings. The van der Waals surface area contributed by atoms with Crippen molar-refractivity contribution in [2.75, 3.05) is 7.11 Å². The molecule has 0 aliphatic heterocycles. The van der Waals surface area contributed by atoms with Crippen LogP contribution in [0.5, 0.6) is 5.75 Å². The Bertz CT molecular complexity index is 550. The van der Waals surface area contributed by atoms with E-state index in [1.54, 1.807) is 0 Å². The van der Waals surface area contributed by atoms with Gasteiger partial charge in [0.1, 0.15) is 12.4 Å². The average molecular weight is 312 g/mol. The van der Waals surface area contributed by atoms with Crippen LogP contribution >= 0.6 is 0 Å². The van der Waals surface area contributed by atoms with Gasteiger partial charge in [-0.25, -0.2) is 4.79 Å². The first-order valence-corrected chi connectivity index (χ1v) is 6.23. The zero-order valence-electron chi connectivity index (χ0n) is 11.8. The number of hydrogen-bond donors (Lipinski definition) is 3. The van der Waals surface area contributed by atoms with E-state index in [0.717, 1.165) is 7.11 Å². The van der Waals surface area contributed by atoms with E-state index in [4.69, 9.17) is 14.9 Å². The summed E-state index contributed by atoms with van der Waals surface area (Å²) in [7, 11) is 1.04. The van der Waals surface area contributed by atoms with E-state index < -0.39 is 36.4 Å². The average Bonchev–Trinajstić information content (AvgIpc) is 2.46. The van der Waals surface area contributed by atoms with Gasteiger partial charge in [-0.15, -0.1) is 0 Å². The molecule has 0 bridgehead atoms. The molecule has 1 aromatic rings. The van der Waals surface area contributed by atoms with Crippen LogP contribution in [0.25, 0.3) is 0 Å². The Balaban J connectivity index is 2.62. The number of phenolic OH excluding ortho intramolecular Hbond substituents is 1. The second-order valence-corrected chi connectivity index (χ2v) is 4.59. The molecule has 0 radical (unpaired) electrons. The topological polar surface area (TPSA) is 130 Å². The van der Waals surface area contributed by atoms with Gasteiger partial charge in [0.2, 0.25) is 0 Å². The van der Waals surface area contributed by atoms with Gasteiger partial charge in [-0.3, -0.25) is 9.59 Å². The quantitative estimate of drug-likeness (QED) is 0.609. The number of benzene rings is 1. The molecule has 8 nitrogen and oxygen atoms in total. The highest BCUT2D eigenvalue weighted by atomic mass is 16.5. The lowest BCUT2D eigenvalue weighted by molar-refractivity contribution is -0.173. The Morgan fingerprint density at radius 1 is 1.09 bits per heavy atom. The largest absolute Gasteiger partial charge is 0.508 e. The maximum Gasteiger partial charge on any atom is 0.336 e. The molecule has 0 aromatic heterocycles. The summed E-state index contributed by atoms with van der Waals surface area (Å²) >= 11 is 0. The third-order valence-electron chi connectivity index (χ3n) is 2.84. The second-order valence-electron chi connectivity index (χ2n) is 4.59. The molecule has 0 saturated carbocycles. The normalized spacial score (nSPS) is 13.0. The molecule has 1 unspecified atom stereocenters. The number of aliphatic carboxylic acids is 1. The molecule has 0 aliphatic carbocycles. The maximum atomic E-state index is 11.6. The lowest BCUT2D eigenvalue weighted by Gasteiger charge is -2.20. The SMILES string of the molecule is COC(=O)CC(O)(CC(=O)OCc1ccc(O)cc1)C(=O)O. The van der Waals surface area contributed by atoms with Crippen molar-refractivity contribution in [3.63, 3.8) is 0 Å². The predicted molar refractivity (Wildman–Crippen MR) is 71.7 cm³/mol. The van der Waals surface area contributed by atoms with Crippen LogP contribution < -0.4 is 0 Å². The fraction of sp³-hybridized carbons (Fsp3) is 0.357. The van der Waals surface area contributed by atoms with Crippen molar-refractivity contribution in [3.8, 4) is 5.75 Å². The maximum absolute atomic E-state index is 11.6. The van der Waals surface area contributed by atoms with Crippen LogP contribution in [0.15, 0.2) is 24.3 Å². The number of aromatic hydroxyl groups is 1. The Kier molecular flexibility index (Phi) is 5.88. The summed E-state index contributed by atoms with van der Waals surface area (Å²) in [5, 5.41) is 27.9. The summed E-state index contributed by atoms with van der Waals surface area (Å²) in [5.41, 5.74) is -2.02. The van der Waals surface area contributed by atoms with Gasteiger partial charge in [-0.05, 0) is 17.7 Å². The summed E-state index contributed by atoms with van der Waals surface area (Å²) in [6.45, 7) is -0.160. The molecular weight excluding hydrogens is 296 g/mol. The molecule has 1 atom stereocenters. The molecule has 0 spiro atoms. The fourth-order valence-corrected chi connectivity index (χ4v) is 1.57. The van der Waals surface area contributed by atoms with E-state index in [-0.39, 0.29) is 12.4 Å². The summed E-state index contributed by atoms with van der Waals surface area (Å²) < 4.78 is 9.11. The third kappa shape index (κ3) is 5.06. The van der Waals surface area contributed by atoms with Crippen LogP contribution in [-0.2, 0) is 30.5 Å². The van der Waals surface area contributed by atoms with Crippen LogP contribution in [0.4, 0.5) is 0 Å². The molecule has 0 amide bonds. The standard InChI is InChI=1S/C14H16O8/c1-21-11(16)6-14(20,13(18)19)7-12(17)22-8-9-2-4-10(15)5-3-9/h2-5,15,20H,6-8H2,1H3,(H,18,19). The van der Waals surface area contributed by atoms with Crippen molar-refractivity contribution in [2.45, 2.75) is 25.0 Å². The van der Waals surface area contributed by atoms with Crippen molar-refractivity contribution in [3.05, 3.63) is 29.8 Å². The van der Waals surface area contributed by atoms with Crippen LogP contribution in [0.2, 0.25) is 0 Å². The number of carboxylic acid groups (broad SMARTS) is 1. The lowest BCUT2D eigenvalue weighted by atomic mass is 9.96. The smallest absolute Gasteiger partial charge is 0.336 e. The van der Waals surface area contributed by atoms with Gasteiger partial charge in [-0.2, -0.15) is 0 Å². The van der Waals surface area contributed by atoms with Gasteiger partial charge >= 0.3 is 17.9 Å². The van der Waals surface area contributed by atoms with Gasteiger partial charge in [0.15, 0.2) is 5.60 Å².